The van der Waals surface area contributed by atoms with Crippen molar-refractivity contribution in [3.8, 4) is 17.2 Å². The Labute approximate surface area is 147 Å². The highest BCUT2D eigenvalue weighted by Gasteiger charge is 2.32. The molecule has 0 fully saturated rings. The van der Waals surface area contributed by atoms with Crippen molar-refractivity contribution in [2.45, 2.75) is 6.10 Å². The molecule has 25 heavy (non-hydrogen) atoms. The van der Waals surface area contributed by atoms with Crippen LogP contribution < -0.4 is 9.47 Å². The summed E-state index contributed by atoms with van der Waals surface area (Å²) in [5, 5.41) is 17.8. The third-order valence-corrected chi connectivity index (χ3v) is 4.04. The van der Waals surface area contributed by atoms with E-state index in [1.807, 2.05) is 12.1 Å². The zero-order chi connectivity index (χ0) is 17.4. The fourth-order valence-electron chi connectivity index (χ4n) is 2.66. The first-order valence-electron chi connectivity index (χ1n) is 7.47. The van der Waals surface area contributed by atoms with E-state index >= 15 is 0 Å². The Morgan fingerprint density at radius 3 is 2.60 bits per heavy atom. The lowest BCUT2D eigenvalue weighted by Gasteiger charge is -2.26. The minimum absolute atomic E-state index is 0.151. The Hall–Kier alpha value is -3.06. The summed E-state index contributed by atoms with van der Waals surface area (Å²) >= 11 is 5.92. The molecule has 0 amide bonds. The molecule has 1 atom stereocenters. The largest absolute Gasteiger partial charge is 0.485 e. The van der Waals surface area contributed by atoms with E-state index in [-0.39, 0.29) is 12.3 Å². The highest BCUT2D eigenvalue weighted by atomic mass is 35.5. The molecule has 0 radical (unpaired) electrons. The van der Waals surface area contributed by atoms with Crippen LogP contribution >= 0.6 is 11.6 Å². The van der Waals surface area contributed by atoms with Gasteiger partial charge in [0.05, 0.1) is 5.69 Å². The van der Waals surface area contributed by atoms with Crippen molar-refractivity contribution in [2.24, 2.45) is 0 Å². The predicted molar refractivity (Wildman–Crippen MR) is 88.6 cm³/mol. The number of carboxylic acid groups (broad SMARTS) is 1. The third kappa shape index (κ3) is 2.78. The standard InChI is InChI=1S/C17H12ClN3O4/c18-10-5-7-11(8-6-10)21-16(15(17(22)23)19-20-21)14-9-24-12-3-1-2-4-13(12)25-14/h1-8,14H,9H2,(H,22,23). The molecule has 1 unspecified atom stereocenters. The number of ether oxygens (including phenoxy) is 2. The molecule has 1 N–H and O–H groups in total. The number of fused-ring (bicyclic) bond motifs is 1. The molecule has 3 aromatic rings. The topological polar surface area (TPSA) is 86.5 Å². The number of aromatic carboxylic acids is 1. The normalized spacial score (nSPS) is 15.8. The molecule has 126 valence electrons. The fourth-order valence-corrected chi connectivity index (χ4v) is 2.78. The molecule has 4 rings (SSSR count). The number of nitrogens with zero attached hydrogens (tertiary/aromatic N) is 3. The summed E-state index contributed by atoms with van der Waals surface area (Å²) in [6.45, 7) is 0.151. The molecule has 0 bridgehead atoms. The van der Waals surface area contributed by atoms with Crippen LogP contribution in [0, 0.1) is 0 Å². The van der Waals surface area contributed by atoms with Gasteiger partial charge in [-0.05, 0) is 36.4 Å². The number of hydrogen-bond donors (Lipinski definition) is 1. The van der Waals surface area contributed by atoms with Crippen LogP contribution in [0.4, 0.5) is 0 Å². The lowest BCUT2D eigenvalue weighted by Crippen LogP contribution is -2.25. The highest BCUT2D eigenvalue weighted by Crippen LogP contribution is 2.37. The third-order valence-electron chi connectivity index (χ3n) is 3.79. The quantitative estimate of drug-likeness (QED) is 0.775. The molecule has 2 aromatic carbocycles. The Balaban J connectivity index is 1.79. The molecule has 1 aromatic heterocycles. The molecule has 8 heteroatoms. The van der Waals surface area contributed by atoms with E-state index in [0.29, 0.717) is 27.9 Å². The fraction of sp³-hybridized carbons (Fsp3) is 0.118. The SMILES string of the molecule is O=C(O)c1nnn(-c2ccc(Cl)cc2)c1C1COc2ccccc2O1. The van der Waals surface area contributed by atoms with Gasteiger partial charge < -0.3 is 14.6 Å². The maximum absolute atomic E-state index is 11.6. The number of aromatic nitrogens is 3. The van der Waals surface area contributed by atoms with E-state index in [9.17, 15) is 9.90 Å². The Bertz CT molecular complexity index is 939. The van der Waals surface area contributed by atoms with Crippen molar-refractivity contribution in [1.29, 1.82) is 0 Å². The first-order valence-corrected chi connectivity index (χ1v) is 7.84. The molecule has 0 aliphatic carbocycles. The number of hydrogen-bond acceptors (Lipinski definition) is 5. The molecular weight excluding hydrogens is 346 g/mol. The van der Waals surface area contributed by atoms with Crippen molar-refractivity contribution in [3.05, 3.63) is 64.9 Å². The van der Waals surface area contributed by atoms with Crippen LogP contribution in [0.25, 0.3) is 5.69 Å². The van der Waals surface area contributed by atoms with Crippen molar-refractivity contribution in [1.82, 2.24) is 15.0 Å². The van der Waals surface area contributed by atoms with Gasteiger partial charge in [-0.3, -0.25) is 0 Å². The van der Waals surface area contributed by atoms with Gasteiger partial charge >= 0.3 is 5.97 Å². The van der Waals surface area contributed by atoms with Gasteiger partial charge in [0.1, 0.15) is 12.3 Å². The van der Waals surface area contributed by atoms with E-state index < -0.39 is 12.1 Å². The van der Waals surface area contributed by atoms with Gasteiger partial charge in [-0.15, -0.1) is 5.10 Å². The van der Waals surface area contributed by atoms with Crippen molar-refractivity contribution in [2.75, 3.05) is 6.61 Å². The number of carboxylic acids is 1. The number of halogens is 1. The van der Waals surface area contributed by atoms with E-state index in [0.717, 1.165) is 0 Å². The van der Waals surface area contributed by atoms with Crippen LogP contribution in [-0.2, 0) is 0 Å². The molecule has 0 spiro atoms. The maximum Gasteiger partial charge on any atom is 0.358 e. The van der Waals surface area contributed by atoms with Crippen LogP contribution in [0.15, 0.2) is 48.5 Å². The molecule has 7 nitrogen and oxygen atoms in total. The summed E-state index contributed by atoms with van der Waals surface area (Å²) in [4.78, 5) is 11.6. The van der Waals surface area contributed by atoms with E-state index in [1.165, 1.54) is 4.68 Å². The average Bonchev–Trinajstić information content (AvgIpc) is 3.07. The maximum atomic E-state index is 11.6. The Morgan fingerprint density at radius 2 is 1.88 bits per heavy atom. The number of benzene rings is 2. The summed E-state index contributed by atoms with van der Waals surface area (Å²) in [7, 11) is 0. The van der Waals surface area contributed by atoms with Crippen molar-refractivity contribution >= 4 is 17.6 Å². The van der Waals surface area contributed by atoms with Gasteiger partial charge in [0.25, 0.3) is 0 Å². The number of rotatable bonds is 3. The monoisotopic (exact) mass is 357 g/mol. The first-order chi connectivity index (χ1) is 12.1. The van der Waals surface area contributed by atoms with Crippen LogP contribution in [0.1, 0.15) is 22.3 Å². The highest BCUT2D eigenvalue weighted by molar-refractivity contribution is 6.30. The van der Waals surface area contributed by atoms with Crippen LogP contribution in [0.2, 0.25) is 5.02 Å². The molecule has 0 saturated heterocycles. The molecule has 2 heterocycles. The van der Waals surface area contributed by atoms with Gasteiger partial charge in [0.2, 0.25) is 0 Å². The minimum atomic E-state index is -1.18. The number of para-hydroxylation sites is 2. The summed E-state index contributed by atoms with van der Waals surface area (Å²) < 4.78 is 13.1. The predicted octanol–water partition coefficient (Wildman–Crippen LogP) is 3.13. The number of carbonyl (C=O) groups is 1. The summed E-state index contributed by atoms with van der Waals surface area (Å²) in [6.07, 6.45) is -0.660. The second-order valence-electron chi connectivity index (χ2n) is 5.38. The van der Waals surface area contributed by atoms with Crippen LogP contribution in [0.3, 0.4) is 0 Å². The zero-order valence-corrected chi connectivity index (χ0v) is 13.6. The molecule has 1 aliphatic heterocycles. The Kier molecular flexibility index (Phi) is 3.77. The first kappa shape index (κ1) is 15.5. The van der Waals surface area contributed by atoms with Crippen LogP contribution in [-0.4, -0.2) is 32.7 Å². The summed E-state index contributed by atoms with van der Waals surface area (Å²) in [5.74, 6) is -0.0299. The zero-order valence-electron chi connectivity index (χ0n) is 12.8. The van der Waals surface area contributed by atoms with Gasteiger partial charge in [-0.25, -0.2) is 9.48 Å². The minimum Gasteiger partial charge on any atom is -0.485 e. The summed E-state index contributed by atoms with van der Waals surface area (Å²) in [6, 6.07) is 14.0. The second kappa shape index (κ2) is 6.10. The summed E-state index contributed by atoms with van der Waals surface area (Å²) in [5.41, 5.74) is 0.758. The van der Waals surface area contributed by atoms with Gasteiger partial charge in [-0.1, -0.05) is 28.9 Å². The van der Waals surface area contributed by atoms with Crippen LogP contribution in [0.5, 0.6) is 11.5 Å². The van der Waals surface area contributed by atoms with E-state index in [2.05, 4.69) is 10.3 Å². The lowest BCUT2D eigenvalue weighted by molar-refractivity contribution is 0.0661. The van der Waals surface area contributed by atoms with E-state index in [1.54, 1.807) is 36.4 Å². The second-order valence-corrected chi connectivity index (χ2v) is 5.82. The average molecular weight is 358 g/mol. The van der Waals surface area contributed by atoms with Gasteiger partial charge in [-0.2, -0.15) is 0 Å². The van der Waals surface area contributed by atoms with Crippen molar-refractivity contribution < 1.29 is 19.4 Å². The van der Waals surface area contributed by atoms with Crippen molar-refractivity contribution in [3.63, 3.8) is 0 Å². The smallest absolute Gasteiger partial charge is 0.358 e. The lowest BCUT2D eigenvalue weighted by atomic mass is 10.1. The van der Waals surface area contributed by atoms with Gasteiger partial charge in [0.15, 0.2) is 23.3 Å². The van der Waals surface area contributed by atoms with Gasteiger partial charge in [0, 0.05) is 5.02 Å². The molecule has 0 saturated carbocycles. The molecular formula is C17H12ClN3O4. The Morgan fingerprint density at radius 1 is 1.16 bits per heavy atom. The molecule has 1 aliphatic rings. The van der Waals surface area contributed by atoms with E-state index in [4.69, 9.17) is 21.1 Å².